The smallest absolute Gasteiger partial charge is 0.398 e. The Hall–Kier alpha value is -2.51. The highest BCUT2D eigenvalue weighted by Gasteiger charge is 2.45. The van der Waals surface area contributed by atoms with Gasteiger partial charge in [0.15, 0.2) is 0 Å². The number of amides is 1. The highest BCUT2D eigenvalue weighted by molar-refractivity contribution is 5.99. The monoisotopic (exact) mass is 313 g/mol. The van der Waals surface area contributed by atoms with Crippen LogP contribution in [-0.2, 0) is 4.79 Å². The molecule has 118 valence electrons. The number of anilines is 1. The van der Waals surface area contributed by atoms with E-state index >= 15 is 0 Å². The number of para-hydroxylation sites is 1. The third-order valence-electron chi connectivity index (χ3n) is 3.32. The number of hydrogen-bond donors (Lipinski definition) is 3. The van der Waals surface area contributed by atoms with Gasteiger partial charge in [-0.15, -0.1) is 0 Å². The zero-order valence-electron chi connectivity index (χ0n) is 11.4. The molecule has 0 radical (unpaired) electrons. The van der Waals surface area contributed by atoms with Crippen LogP contribution in [0.1, 0.15) is 23.2 Å². The van der Waals surface area contributed by atoms with Crippen LogP contribution in [0.2, 0.25) is 0 Å². The number of rotatable bonds is 4. The lowest BCUT2D eigenvalue weighted by Crippen LogP contribution is -2.41. The van der Waals surface area contributed by atoms with E-state index in [2.05, 4.69) is 10.9 Å². The van der Waals surface area contributed by atoms with Crippen LogP contribution in [0.15, 0.2) is 36.0 Å². The maximum Gasteiger partial charge on any atom is 0.450 e. The highest BCUT2D eigenvalue weighted by atomic mass is 19.4. The SMILES string of the molecule is Nc1ccccc1C(=O)NNC1=CCC[C@@H]1C(=O)C(F)(F)F. The number of nitrogens with one attached hydrogen (secondary N) is 2. The molecule has 1 aliphatic carbocycles. The number of carbonyl (C=O) groups is 2. The number of benzene rings is 1. The Morgan fingerprint density at radius 1 is 1.23 bits per heavy atom. The highest BCUT2D eigenvalue weighted by Crippen LogP contribution is 2.31. The molecule has 0 spiro atoms. The van der Waals surface area contributed by atoms with Crippen molar-refractivity contribution in [3.8, 4) is 0 Å². The number of hydrazine groups is 1. The maximum atomic E-state index is 12.5. The first-order valence-electron chi connectivity index (χ1n) is 6.52. The Kier molecular flexibility index (Phi) is 4.39. The lowest BCUT2D eigenvalue weighted by atomic mass is 10.0. The zero-order chi connectivity index (χ0) is 16.3. The van der Waals surface area contributed by atoms with Crippen molar-refractivity contribution in [2.45, 2.75) is 19.0 Å². The van der Waals surface area contributed by atoms with Crippen LogP contribution in [0.4, 0.5) is 18.9 Å². The quantitative estimate of drug-likeness (QED) is 0.586. The molecule has 4 N–H and O–H groups in total. The van der Waals surface area contributed by atoms with Crippen molar-refractivity contribution in [2.75, 3.05) is 5.73 Å². The van der Waals surface area contributed by atoms with Gasteiger partial charge < -0.3 is 11.2 Å². The largest absolute Gasteiger partial charge is 0.450 e. The van der Waals surface area contributed by atoms with Crippen molar-refractivity contribution in [3.63, 3.8) is 0 Å². The fourth-order valence-corrected chi connectivity index (χ4v) is 2.21. The van der Waals surface area contributed by atoms with E-state index in [1.165, 1.54) is 18.2 Å². The maximum absolute atomic E-state index is 12.5. The van der Waals surface area contributed by atoms with Crippen molar-refractivity contribution >= 4 is 17.4 Å². The molecule has 5 nitrogen and oxygen atoms in total. The van der Waals surface area contributed by atoms with Crippen LogP contribution in [-0.4, -0.2) is 17.9 Å². The summed E-state index contributed by atoms with van der Waals surface area (Å²) < 4.78 is 37.4. The van der Waals surface area contributed by atoms with Crippen molar-refractivity contribution in [2.24, 2.45) is 5.92 Å². The van der Waals surface area contributed by atoms with Crippen molar-refractivity contribution < 1.29 is 22.8 Å². The topological polar surface area (TPSA) is 84.2 Å². The van der Waals surface area contributed by atoms with Gasteiger partial charge >= 0.3 is 6.18 Å². The van der Waals surface area contributed by atoms with Gasteiger partial charge in [0.1, 0.15) is 0 Å². The summed E-state index contributed by atoms with van der Waals surface area (Å²) >= 11 is 0. The zero-order valence-corrected chi connectivity index (χ0v) is 11.4. The third-order valence-corrected chi connectivity index (χ3v) is 3.32. The normalized spacial score (nSPS) is 17.8. The first-order valence-corrected chi connectivity index (χ1v) is 6.52. The number of carbonyl (C=O) groups excluding carboxylic acids is 2. The summed E-state index contributed by atoms with van der Waals surface area (Å²) in [5, 5.41) is 0. The van der Waals surface area contributed by atoms with Crippen LogP contribution in [0.5, 0.6) is 0 Å². The minimum atomic E-state index is -4.90. The van der Waals surface area contributed by atoms with E-state index in [-0.39, 0.29) is 23.4 Å². The van der Waals surface area contributed by atoms with Gasteiger partial charge in [0, 0.05) is 11.4 Å². The lowest BCUT2D eigenvalue weighted by molar-refractivity contribution is -0.174. The number of Topliss-reactive ketones (excluding diaryl/α,β-unsaturated/α-hetero) is 1. The molecule has 0 bridgehead atoms. The lowest BCUT2D eigenvalue weighted by Gasteiger charge is -2.18. The summed E-state index contributed by atoms with van der Waals surface area (Å²) in [5.74, 6) is -3.73. The average Bonchev–Trinajstić information content (AvgIpc) is 2.91. The molecular weight excluding hydrogens is 299 g/mol. The predicted molar refractivity (Wildman–Crippen MR) is 73.3 cm³/mol. The second kappa shape index (κ2) is 6.08. The van der Waals surface area contributed by atoms with Gasteiger partial charge in [0.2, 0.25) is 5.78 Å². The van der Waals surface area contributed by atoms with Crippen LogP contribution >= 0.6 is 0 Å². The fraction of sp³-hybridized carbons (Fsp3) is 0.286. The van der Waals surface area contributed by atoms with E-state index in [4.69, 9.17) is 5.73 Å². The number of halogens is 3. The molecule has 8 heteroatoms. The molecule has 1 aliphatic rings. The number of nitrogen functional groups attached to an aromatic ring is 1. The third kappa shape index (κ3) is 3.38. The van der Waals surface area contributed by atoms with E-state index in [1.54, 1.807) is 12.1 Å². The summed E-state index contributed by atoms with van der Waals surface area (Å²) in [6.45, 7) is 0. The molecule has 0 unspecified atom stereocenters. The van der Waals surface area contributed by atoms with Gasteiger partial charge in [-0.3, -0.25) is 15.0 Å². The minimum Gasteiger partial charge on any atom is -0.398 e. The molecule has 1 atom stereocenters. The van der Waals surface area contributed by atoms with Gasteiger partial charge in [-0.05, 0) is 25.0 Å². The Bertz CT molecular complexity index is 626. The van der Waals surface area contributed by atoms with Gasteiger partial charge in [-0.25, -0.2) is 0 Å². The summed E-state index contributed by atoms with van der Waals surface area (Å²) in [7, 11) is 0. The standard InChI is InChI=1S/C14H14F3N3O2/c15-14(16,17)12(21)9-5-3-7-11(9)19-20-13(22)8-4-1-2-6-10(8)18/h1-2,4,6-7,9,19H,3,5,18H2,(H,20,22)/t9-/m0/s1. The Balaban J connectivity index is 2.01. The summed E-state index contributed by atoms with van der Waals surface area (Å²) in [4.78, 5) is 23.2. The fourth-order valence-electron chi connectivity index (χ4n) is 2.21. The molecule has 1 amide bonds. The molecular formula is C14H14F3N3O2. The number of allylic oxidation sites excluding steroid dienone is 2. The van der Waals surface area contributed by atoms with E-state index in [1.807, 2.05) is 0 Å². The summed E-state index contributed by atoms with van der Waals surface area (Å²) in [6, 6.07) is 6.26. The van der Waals surface area contributed by atoms with Crippen molar-refractivity contribution in [3.05, 3.63) is 41.6 Å². The van der Waals surface area contributed by atoms with Gasteiger partial charge in [-0.2, -0.15) is 13.2 Å². The number of alkyl halides is 3. The van der Waals surface area contributed by atoms with Gasteiger partial charge in [-0.1, -0.05) is 18.2 Å². The summed E-state index contributed by atoms with van der Waals surface area (Å²) in [6.07, 6.45) is -3.05. The molecule has 0 aromatic heterocycles. The minimum absolute atomic E-state index is 0.0465. The second-order valence-electron chi connectivity index (χ2n) is 4.82. The summed E-state index contributed by atoms with van der Waals surface area (Å²) in [5.41, 5.74) is 10.8. The van der Waals surface area contributed by atoms with Crippen molar-refractivity contribution in [1.82, 2.24) is 10.9 Å². The van der Waals surface area contributed by atoms with Crippen molar-refractivity contribution in [1.29, 1.82) is 0 Å². The van der Waals surface area contributed by atoms with Crippen LogP contribution in [0.3, 0.4) is 0 Å². The van der Waals surface area contributed by atoms with Crippen LogP contribution in [0, 0.1) is 5.92 Å². The second-order valence-corrected chi connectivity index (χ2v) is 4.82. The Labute approximate surface area is 124 Å². The Morgan fingerprint density at radius 3 is 2.55 bits per heavy atom. The first kappa shape index (κ1) is 15.9. The molecule has 2 rings (SSSR count). The van der Waals surface area contributed by atoms with E-state index in [0.29, 0.717) is 6.42 Å². The molecule has 0 saturated heterocycles. The Morgan fingerprint density at radius 2 is 1.91 bits per heavy atom. The molecule has 1 aromatic rings. The first-order chi connectivity index (χ1) is 10.3. The molecule has 22 heavy (non-hydrogen) atoms. The predicted octanol–water partition coefficient (Wildman–Crippen LogP) is 1.93. The van der Waals surface area contributed by atoms with E-state index < -0.39 is 23.8 Å². The number of nitrogens with two attached hydrogens (primary N) is 1. The van der Waals surface area contributed by atoms with Gasteiger partial charge in [0.05, 0.1) is 11.5 Å². The molecule has 0 fully saturated rings. The number of ketones is 1. The van der Waals surface area contributed by atoms with Gasteiger partial charge in [0.25, 0.3) is 5.91 Å². The average molecular weight is 313 g/mol. The molecule has 0 saturated carbocycles. The number of hydrogen-bond acceptors (Lipinski definition) is 4. The van der Waals surface area contributed by atoms with E-state index in [9.17, 15) is 22.8 Å². The van der Waals surface area contributed by atoms with Crippen LogP contribution < -0.4 is 16.6 Å². The molecule has 0 heterocycles. The molecule has 1 aromatic carbocycles. The van der Waals surface area contributed by atoms with Crippen LogP contribution in [0.25, 0.3) is 0 Å². The molecule has 0 aliphatic heterocycles. The van der Waals surface area contributed by atoms with E-state index in [0.717, 1.165) is 0 Å².